The molecule has 0 atom stereocenters. The van der Waals surface area contributed by atoms with Crippen molar-refractivity contribution in [1.29, 1.82) is 0 Å². The lowest BCUT2D eigenvalue weighted by Gasteiger charge is -2.29. The molecule has 0 aromatic heterocycles. The van der Waals surface area contributed by atoms with E-state index >= 15 is 0 Å². The molecule has 0 saturated carbocycles. The SMILES string of the molecule is CCCCCCCCCCCC[Si](OCCC)(OCCC)OCCC. The van der Waals surface area contributed by atoms with Crippen LogP contribution in [-0.2, 0) is 13.3 Å². The standard InChI is InChI=1S/C21H46O3Si/c1-5-9-10-11-12-13-14-15-16-17-21-25(22-18-6-2,23-19-7-3)24-20-8-4/h5-21H2,1-4H3. The van der Waals surface area contributed by atoms with Crippen LogP contribution in [0.1, 0.15) is 111 Å². The minimum Gasteiger partial charge on any atom is -0.373 e. The summed E-state index contributed by atoms with van der Waals surface area (Å²) in [5.74, 6) is 0. The van der Waals surface area contributed by atoms with Gasteiger partial charge in [0.05, 0.1) is 0 Å². The van der Waals surface area contributed by atoms with Crippen LogP contribution < -0.4 is 0 Å². The first kappa shape index (κ1) is 25.1. The fourth-order valence-electron chi connectivity index (χ4n) is 2.94. The first-order chi connectivity index (χ1) is 12.2. The first-order valence-corrected chi connectivity index (χ1v) is 13.1. The van der Waals surface area contributed by atoms with Gasteiger partial charge in [-0.25, -0.2) is 0 Å². The monoisotopic (exact) mass is 374 g/mol. The molecule has 0 saturated heterocycles. The predicted octanol–water partition coefficient (Wildman–Crippen LogP) is 7.13. The van der Waals surface area contributed by atoms with Gasteiger partial charge >= 0.3 is 8.80 Å². The zero-order valence-electron chi connectivity index (χ0n) is 17.7. The lowest BCUT2D eigenvalue weighted by Crippen LogP contribution is -2.46. The molecule has 0 amide bonds. The van der Waals surface area contributed by atoms with E-state index in [4.69, 9.17) is 13.3 Å². The van der Waals surface area contributed by atoms with Gasteiger partial charge in [0, 0.05) is 25.9 Å². The molecular formula is C21H46O3Si. The Bertz CT molecular complexity index is 240. The van der Waals surface area contributed by atoms with E-state index in [0.717, 1.165) is 45.1 Å². The molecular weight excluding hydrogens is 328 g/mol. The Morgan fingerprint density at radius 2 is 0.800 bits per heavy atom. The van der Waals surface area contributed by atoms with Gasteiger partial charge in [-0.3, -0.25) is 0 Å². The van der Waals surface area contributed by atoms with Crippen LogP contribution in [0.15, 0.2) is 0 Å². The van der Waals surface area contributed by atoms with Crippen LogP contribution in [0, 0.1) is 0 Å². The summed E-state index contributed by atoms with van der Waals surface area (Å²) >= 11 is 0. The van der Waals surface area contributed by atoms with Gasteiger partial charge in [-0.2, -0.15) is 0 Å². The second-order valence-corrected chi connectivity index (χ2v) is 9.89. The number of rotatable bonds is 20. The molecule has 152 valence electrons. The van der Waals surface area contributed by atoms with Crippen LogP contribution in [0.2, 0.25) is 6.04 Å². The van der Waals surface area contributed by atoms with E-state index in [1.807, 2.05) is 0 Å². The minimum atomic E-state index is -2.45. The van der Waals surface area contributed by atoms with Gasteiger partial charge in [0.25, 0.3) is 0 Å². The van der Waals surface area contributed by atoms with Gasteiger partial charge in [0.15, 0.2) is 0 Å². The Kier molecular flexibility index (Phi) is 18.9. The molecule has 0 aromatic rings. The average Bonchev–Trinajstić information content (AvgIpc) is 2.64. The number of hydrogen-bond acceptors (Lipinski definition) is 3. The summed E-state index contributed by atoms with van der Waals surface area (Å²) in [4.78, 5) is 0. The summed E-state index contributed by atoms with van der Waals surface area (Å²) in [5.41, 5.74) is 0. The van der Waals surface area contributed by atoms with Gasteiger partial charge in [0.1, 0.15) is 0 Å². The lowest BCUT2D eigenvalue weighted by molar-refractivity contribution is 0.0586. The van der Waals surface area contributed by atoms with Crippen molar-refractivity contribution in [1.82, 2.24) is 0 Å². The molecule has 0 aromatic carbocycles. The predicted molar refractivity (Wildman–Crippen MR) is 111 cm³/mol. The third kappa shape index (κ3) is 14.9. The Morgan fingerprint density at radius 1 is 0.440 bits per heavy atom. The normalized spacial score (nSPS) is 12.0. The van der Waals surface area contributed by atoms with E-state index in [-0.39, 0.29) is 0 Å². The Balaban J connectivity index is 4.01. The summed E-state index contributed by atoms with van der Waals surface area (Å²) in [6, 6.07) is 0.990. The van der Waals surface area contributed by atoms with Crippen LogP contribution in [0.5, 0.6) is 0 Å². The molecule has 0 aliphatic rings. The van der Waals surface area contributed by atoms with Crippen LogP contribution in [0.25, 0.3) is 0 Å². The van der Waals surface area contributed by atoms with E-state index < -0.39 is 8.80 Å². The van der Waals surface area contributed by atoms with Crippen molar-refractivity contribution < 1.29 is 13.3 Å². The number of hydrogen-bond donors (Lipinski definition) is 0. The third-order valence-electron chi connectivity index (χ3n) is 4.41. The molecule has 0 heterocycles. The van der Waals surface area contributed by atoms with Crippen molar-refractivity contribution in [3.05, 3.63) is 0 Å². The van der Waals surface area contributed by atoms with Crippen molar-refractivity contribution in [3.63, 3.8) is 0 Å². The molecule has 4 heteroatoms. The molecule has 0 fully saturated rings. The van der Waals surface area contributed by atoms with E-state index in [0.29, 0.717) is 0 Å². The van der Waals surface area contributed by atoms with Gasteiger partial charge in [-0.1, -0.05) is 85.5 Å². The maximum Gasteiger partial charge on any atom is 0.500 e. The van der Waals surface area contributed by atoms with Gasteiger partial charge in [0.2, 0.25) is 0 Å². The van der Waals surface area contributed by atoms with E-state index in [1.165, 1.54) is 64.2 Å². The molecule has 0 aliphatic carbocycles. The summed E-state index contributed by atoms with van der Waals surface area (Å²) in [6.45, 7) is 11.0. The van der Waals surface area contributed by atoms with Crippen LogP contribution in [0.3, 0.4) is 0 Å². The summed E-state index contributed by atoms with van der Waals surface area (Å²) in [7, 11) is -2.45. The summed E-state index contributed by atoms with van der Waals surface area (Å²) in [6.07, 6.45) is 16.7. The number of unbranched alkanes of at least 4 members (excludes halogenated alkanes) is 9. The Hall–Kier alpha value is 0.0969. The smallest absolute Gasteiger partial charge is 0.373 e. The summed E-state index contributed by atoms with van der Waals surface area (Å²) < 4.78 is 18.5. The molecule has 3 nitrogen and oxygen atoms in total. The fraction of sp³-hybridized carbons (Fsp3) is 1.00. The largest absolute Gasteiger partial charge is 0.500 e. The van der Waals surface area contributed by atoms with Crippen molar-refractivity contribution in [2.24, 2.45) is 0 Å². The van der Waals surface area contributed by atoms with Crippen molar-refractivity contribution in [2.75, 3.05) is 19.8 Å². The first-order valence-electron chi connectivity index (χ1n) is 11.2. The third-order valence-corrected chi connectivity index (χ3v) is 7.31. The molecule has 0 spiro atoms. The highest BCUT2D eigenvalue weighted by Gasteiger charge is 2.40. The topological polar surface area (TPSA) is 27.7 Å². The van der Waals surface area contributed by atoms with E-state index in [1.54, 1.807) is 0 Å². The highest BCUT2D eigenvalue weighted by Crippen LogP contribution is 2.22. The molecule has 0 aliphatic heterocycles. The Labute approximate surface area is 159 Å². The minimum absolute atomic E-state index is 0.761. The fourth-order valence-corrected chi connectivity index (χ4v) is 5.85. The second kappa shape index (κ2) is 18.9. The Morgan fingerprint density at radius 3 is 1.16 bits per heavy atom. The van der Waals surface area contributed by atoms with Crippen molar-refractivity contribution in [2.45, 2.75) is 117 Å². The highest BCUT2D eigenvalue weighted by atomic mass is 28.4. The van der Waals surface area contributed by atoms with Gasteiger partial charge in [-0.15, -0.1) is 0 Å². The molecule has 0 radical (unpaired) electrons. The van der Waals surface area contributed by atoms with E-state index in [2.05, 4.69) is 27.7 Å². The average molecular weight is 375 g/mol. The maximum atomic E-state index is 6.16. The van der Waals surface area contributed by atoms with Crippen molar-refractivity contribution >= 4 is 8.80 Å². The molecule has 0 unspecified atom stereocenters. The van der Waals surface area contributed by atoms with Crippen molar-refractivity contribution in [3.8, 4) is 0 Å². The van der Waals surface area contributed by atoms with Crippen LogP contribution in [-0.4, -0.2) is 28.6 Å². The van der Waals surface area contributed by atoms with Crippen LogP contribution >= 0.6 is 0 Å². The van der Waals surface area contributed by atoms with E-state index in [9.17, 15) is 0 Å². The second-order valence-electron chi connectivity index (χ2n) is 7.16. The van der Waals surface area contributed by atoms with Gasteiger partial charge < -0.3 is 13.3 Å². The zero-order valence-corrected chi connectivity index (χ0v) is 18.7. The maximum absolute atomic E-state index is 6.16. The molecule has 0 rings (SSSR count). The van der Waals surface area contributed by atoms with Gasteiger partial charge in [-0.05, 0) is 25.7 Å². The summed E-state index contributed by atoms with van der Waals surface area (Å²) in [5, 5.41) is 0. The molecule has 25 heavy (non-hydrogen) atoms. The lowest BCUT2D eigenvalue weighted by atomic mass is 10.1. The zero-order chi connectivity index (χ0) is 18.6. The molecule has 0 N–H and O–H groups in total. The molecule has 0 bridgehead atoms. The van der Waals surface area contributed by atoms with Crippen LogP contribution in [0.4, 0.5) is 0 Å². The highest BCUT2D eigenvalue weighted by molar-refractivity contribution is 6.60. The quantitative estimate of drug-likeness (QED) is 0.168.